The third-order valence-electron chi connectivity index (χ3n) is 7.20. The molecule has 2 aliphatic rings. The molecule has 2 aromatic carbocycles. The Hall–Kier alpha value is -2.39. The highest BCUT2D eigenvalue weighted by Gasteiger charge is 2.45. The minimum Gasteiger partial charge on any atom is -0.395 e. The number of carbonyl (C=O) groups excluding carboxylic acids is 1. The van der Waals surface area contributed by atoms with Gasteiger partial charge in [-0.3, -0.25) is 4.79 Å². The molecule has 2 N–H and O–H groups in total. The highest BCUT2D eigenvalue weighted by Crippen LogP contribution is 2.51. The largest absolute Gasteiger partial charge is 0.395 e. The van der Waals surface area contributed by atoms with Crippen molar-refractivity contribution in [2.45, 2.75) is 28.4 Å². The summed E-state index contributed by atoms with van der Waals surface area (Å²) >= 11 is 12.4. The lowest BCUT2D eigenvalue weighted by Gasteiger charge is -2.46. The molecular weight excluding hydrogens is 608 g/mol. The Morgan fingerprint density at radius 2 is 1.83 bits per heavy atom. The maximum atomic E-state index is 13.9. The summed E-state index contributed by atoms with van der Waals surface area (Å²) in [6, 6.07) is 5.75. The Morgan fingerprint density at radius 1 is 1.12 bits per heavy atom. The smallest absolute Gasteiger partial charge is 0.248 e. The second kappa shape index (κ2) is 12.9. The summed E-state index contributed by atoms with van der Waals surface area (Å²) in [7, 11) is -1.26. The first-order valence-corrected chi connectivity index (χ1v) is 15.1. The topological polar surface area (TPSA) is 110 Å². The van der Waals surface area contributed by atoms with Crippen LogP contribution in [0.25, 0.3) is 11.3 Å². The van der Waals surface area contributed by atoms with Gasteiger partial charge in [-0.05, 0) is 35.2 Å². The maximum Gasteiger partial charge on any atom is 0.248 e. The summed E-state index contributed by atoms with van der Waals surface area (Å²) < 4.78 is 54.0. The van der Waals surface area contributed by atoms with Crippen LogP contribution in [0.5, 0.6) is 0 Å². The van der Waals surface area contributed by atoms with Crippen molar-refractivity contribution in [1.82, 2.24) is 19.9 Å². The van der Waals surface area contributed by atoms with E-state index in [1.54, 1.807) is 23.1 Å². The summed E-state index contributed by atoms with van der Waals surface area (Å²) in [5, 5.41) is 30.0. The van der Waals surface area contributed by atoms with E-state index in [0.29, 0.717) is 42.1 Å². The molecule has 2 saturated heterocycles. The van der Waals surface area contributed by atoms with Gasteiger partial charge in [0.25, 0.3) is 0 Å². The highest BCUT2D eigenvalue weighted by atomic mass is 35.5. The zero-order valence-electron chi connectivity index (χ0n) is 21.5. The summed E-state index contributed by atoms with van der Waals surface area (Å²) in [6.07, 6.45) is -0.662. The first-order chi connectivity index (χ1) is 19.7. The predicted octanol–water partition coefficient (Wildman–Crippen LogP) is 3.25. The Kier molecular flexibility index (Phi) is 9.43. The molecule has 9 nitrogen and oxygen atoms in total. The number of aliphatic hydroxyl groups is 2. The summed E-state index contributed by atoms with van der Waals surface area (Å²) in [4.78, 5) is 15.3. The first kappa shape index (κ1) is 30.1. The molecule has 0 saturated carbocycles. The second-order valence-electron chi connectivity index (χ2n) is 9.66. The molecule has 222 valence electrons. The Bertz CT molecular complexity index is 1390. The third-order valence-corrected chi connectivity index (χ3v) is 10.9. The highest BCUT2D eigenvalue weighted by molar-refractivity contribution is 8.17. The van der Waals surface area contributed by atoms with Gasteiger partial charge in [0.2, 0.25) is 5.91 Å². The van der Waals surface area contributed by atoms with E-state index in [1.165, 1.54) is 10.9 Å². The zero-order chi connectivity index (χ0) is 29.3. The molecule has 1 amide bonds. The number of hydrogen-bond donors (Lipinski definition) is 3. The van der Waals surface area contributed by atoms with Crippen molar-refractivity contribution in [3.63, 3.8) is 0 Å². The van der Waals surface area contributed by atoms with Crippen LogP contribution in [0.1, 0.15) is 6.04 Å². The molecule has 15 heteroatoms. The van der Waals surface area contributed by atoms with Gasteiger partial charge in [0.15, 0.2) is 17.5 Å². The van der Waals surface area contributed by atoms with Crippen LogP contribution in [-0.4, -0.2) is 98.7 Å². The van der Waals surface area contributed by atoms with Crippen LogP contribution in [0.2, 0.25) is 10.0 Å². The van der Waals surface area contributed by atoms with Gasteiger partial charge in [0.1, 0.15) is 18.3 Å². The number of thiol groups is 1. The van der Waals surface area contributed by atoms with E-state index in [9.17, 15) is 28.2 Å². The van der Waals surface area contributed by atoms with Crippen LogP contribution < -0.4 is 0 Å². The van der Waals surface area contributed by atoms with Gasteiger partial charge in [-0.15, -0.1) is 5.10 Å². The van der Waals surface area contributed by atoms with E-state index in [-0.39, 0.29) is 30.4 Å². The average molecular weight is 635 g/mol. The number of benzene rings is 2. The van der Waals surface area contributed by atoms with Gasteiger partial charge in [-0.2, -0.15) is 0 Å². The lowest BCUT2D eigenvalue weighted by molar-refractivity contribution is -0.144. The third kappa shape index (κ3) is 6.36. The van der Waals surface area contributed by atoms with Crippen molar-refractivity contribution in [3.8, 4) is 11.3 Å². The molecule has 3 heterocycles. The Balaban J connectivity index is 1.47. The van der Waals surface area contributed by atoms with E-state index in [2.05, 4.69) is 10.3 Å². The molecule has 5 rings (SSSR count). The number of carbonyl (C=O) groups is 1. The fourth-order valence-corrected chi connectivity index (χ4v) is 8.31. The molecule has 41 heavy (non-hydrogen) atoms. The summed E-state index contributed by atoms with van der Waals surface area (Å²) in [5.41, 5.74) is -0.0364. The van der Waals surface area contributed by atoms with E-state index < -0.39 is 51.8 Å². The van der Waals surface area contributed by atoms with Crippen molar-refractivity contribution < 1.29 is 37.7 Å². The standard InChI is InChI=1S/C26H27Cl2F3N4O5S/c27-16-2-1-15(9-17(16)28)41-13-21(40-12-23(37)34-3-5-39-6-4-34)25(26(38)22(41)11-36)35-10-20(32-33-35)14-7-18(29)24(31)19(30)8-14/h1-2,7-10,21-22,25-26,36,38,41H,3-6,11-13H2/t21-,22+,25+,26-/m0/s1. The number of morpholine rings is 1. The molecule has 0 spiro atoms. The second-order valence-corrected chi connectivity index (χ2v) is 13.0. The fraction of sp³-hybridized carbons (Fsp3) is 0.423. The number of rotatable bonds is 7. The van der Waals surface area contributed by atoms with Crippen LogP contribution in [0.4, 0.5) is 13.2 Å². The number of halogens is 5. The van der Waals surface area contributed by atoms with Crippen LogP contribution in [0.3, 0.4) is 0 Å². The van der Waals surface area contributed by atoms with Gasteiger partial charge < -0.3 is 24.6 Å². The van der Waals surface area contributed by atoms with Crippen LogP contribution >= 0.6 is 34.1 Å². The number of aromatic nitrogens is 3. The molecule has 0 bridgehead atoms. The normalized spacial score (nSPS) is 25.8. The predicted molar refractivity (Wildman–Crippen MR) is 147 cm³/mol. The molecule has 1 unspecified atom stereocenters. The van der Waals surface area contributed by atoms with Crippen molar-refractivity contribution in [1.29, 1.82) is 0 Å². The van der Waals surface area contributed by atoms with Gasteiger partial charge in [-0.25, -0.2) is 28.7 Å². The molecule has 0 radical (unpaired) electrons. The summed E-state index contributed by atoms with van der Waals surface area (Å²) in [5.74, 6) is -4.32. The molecular formula is C26H27Cl2F3N4O5S. The minimum atomic E-state index is -1.61. The van der Waals surface area contributed by atoms with E-state index in [4.69, 9.17) is 32.7 Å². The Labute approximate surface area is 246 Å². The fourth-order valence-electron chi connectivity index (χ4n) is 5.05. The van der Waals surface area contributed by atoms with Crippen molar-refractivity contribution in [2.24, 2.45) is 0 Å². The summed E-state index contributed by atoms with van der Waals surface area (Å²) in [6.45, 7) is 1.04. The molecule has 2 fully saturated rings. The van der Waals surface area contributed by atoms with Gasteiger partial charge in [0.05, 0.1) is 48.3 Å². The number of nitrogens with zero attached hydrogens (tertiary/aromatic N) is 4. The monoisotopic (exact) mass is 634 g/mol. The quantitative estimate of drug-likeness (QED) is 0.270. The van der Waals surface area contributed by atoms with Crippen molar-refractivity contribution >= 4 is 40.0 Å². The molecule has 0 aliphatic carbocycles. The molecule has 5 atom stereocenters. The molecule has 2 aliphatic heterocycles. The molecule has 1 aromatic heterocycles. The lowest BCUT2D eigenvalue weighted by Crippen LogP contribution is -2.51. The number of hydrogen-bond acceptors (Lipinski definition) is 7. The van der Waals surface area contributed by atoms with E-state index in [1.807, 2.05) is 0 Å². The SMILES string of the molecule is O=C(CO[C@H]1C[SH](c2ccc(Cl)c(Cl)c2)[C@H](CO)[C@H](O)[C@@H]1n1cc(-c2cc(F)c(F)c(F)c2)nn1)N1CCOCC1. The van der Waals surface area contributed by atoms with Crippen LogP contribution in [-0.2, 0) is 14.3 Å². The van der Waals surface area contributed by atoms with Gasteiger partial charge >= 0.3 is 0 Å². The minimum absolute atomic E-state index is 0.0241. The average Bonchev–Trinajstić information content (AvgIpc) is 3.45. The zero-order valence-corrected chi connectivity index (χ0v) is 23.9. The molecule has 3 aromatic rings. The van der Waals surface area contributed by atoms with E-state index >= 15 is 0 Å². The number of ether oxygens (including phenoxy) is 2. The maximum absolute atomic E-state index is 13.9. The van der Waals surface area contributed by atoms with E-state index in [0.717, 1.165) is 17.0 Å². The van der Waals surface area contributed by atoms with Crippen LogP contribution in [0, 0.1) is 17.5 Å². The number of aliphatic hydroxyl groups excluding tert-OH is 2. The Morgan fingerprint density at radius 3 is 2.49 bits per heavy atom. The first-order valence-electron chi connectivity index (χ1n) is 12.7. The van der Waals surface area contributed by atoms with Crippen molar-refractivity contribution in [3.05, 3.63) is 64.0 Å². The number of amides is 1. The van der Waals surface area contributed by atoms with Gasteiger partial charge in [-0.1, -0.05) is 28.4 Å². The van der Waals surface area contributed by atoms with Crippen molar-refractivity contribution in [2.75, 3.05) is 45.3 Å². The lowest BCUT2D eigenvalue weighted by atomic mass is 10.0. The van der Waals surface area contributed by atoms with Gasteiger partial charge in [0, 0.05) is 29.7 Å². The van der Waals surface area contributed by atoms with Crippen LogP contribution in [0.15, 0.2) is 41.4 Å².